The highest BCUT2D eigenvalue weighted by atomic mass is 16.7. The first-order valence-corrected chi connectivity index (χ1v) is 10.6. The summed E-state index contributed by atoms with van der Waals surface area (Å²) in [6.45, 7) is 2.58. The van der Waals surface area contributed by atoms with E-state index in [4.69, 9.17) is 18.9 Å². The molecule has 0 radical (unpaired) electrons. The van der Waals surface area contributed by atoms with Gasteiger partial charge < -0.3 is 60.0 Å². The number of carbonyl (C=O) groups excluding carboxylic acids is 1. The highest BCUT2D eigenvalue weighted by Gasteiger charge is 2.50. The normalized spacial score (nSPS) is 40.4. The molecule has 2 saturated heterocycles. The summed E-state index contributed by atoms with van der Waals surface area (Å²) in [5.74, 6) is 0.0375. The molecule has 2 aliphatic rings. The molecule has 0 aromatic heterocycles. The zero-order chi connectivity index (χ0) is 24.0. The number of rotatable bonds is 10. The van der Waals surface area contributed by atoms with Crippen molar-refractivity contribution in [1.82, 2.24) is 5.32 Å². The molecule has 0 aromatic carbocycles. The van der Waals surface area contributed by atoms with E-state index < -0.39 is 74.6 Å². The lowest BCUT2D eigenvalue weighted by atomic mass is 9.97. The van der Waals surface area contributed by atoms with Gasteiger partial charge in [0.1, 0.15) is 48.8 Å². The van der Waals surface area contributed by atoms with Gasteiger partial charge in [-0.15, -0.1) is 0 Å². The molecule has 13 heteroatoms. The van der Waals surface area contributed by atoms with Crippen LogP contribution in [-0.4, -0.2) is 129 Å². The van der Waals surface area contributed by atoms with Crippen LogP contribution in [0.2, 0.25) is 0 Å². The average Bonchev–Trinajstić information content (AvgIpc) is 2.75. The fourth-order valence-electron chi connectivity index (χ4n) is 3.50. The molecule has 1 amide bonds. The molecule has 32 heavy (non-hydrogen) atoms. The summed E-state index contributed by atoms with van der Waals surface area (Å²) in [6, 6.07) is 0. The third-order valence-corrected chi connectivity index (χ3v) is 5.26. The van der Waals surface area contributed by atoms with Gasteiger partial charge in [-0.1, -0.05) is 13.8 Å². The van der Waals surface area contributed by atoms with Crippen LogP contribution in [0.25, 0.3) is 0 Å². The van der Waals surface area contributed by atoms with Gasteiger partial charge >= 0.3 is 0 Å². The summed E-state index contributed by atoms with van der Waals surface area (Å²) in [5, 5.41) is 72.2. The molecule has 2 rings (SSSR count). The molecule has 13 nitrogen and oxygen atoms in total. The van der Waals surface area contributed by atoms with Crippen molar-refractivity contribution in [2.45, 2.75) is 81.7 Å². The molecular formula is C19H35NO12. The van der Waals surface area contributed by atoms with E-state index in [1.165, 1.54) is 0 Å². The minimum atomic E-state index is -1.74. The van der Waals surface area contributed by atoms with Crippen LogP contribution >= 0.6 is 0 Å². The minimum absolute atomic E-state index is 0.0331. The number of aliphatic hydroxyl groups excluding tert-OH is 7. The second-order valence-electron chi connectivity index (χ2n) is 8.32. The van der Waals surface area contributed by atoms with E-state index >= 15 is 0 Å². The average molecular weight is 469 g/mol. The van der Waals surface area contributed by atoms with Gasteiger partial charge in [0, 0.05) is 13.0 Å². The predicted octanol–water partition coefficient (Wildman–Crippen LogP) is -4.21. The van der Waals surface area contributed by atoms with E-state index in [1.54, 1.807) is 0 Å². The van der Waals surface area contributed by atoms with Crippen molar-refractivity contribution in [3.05, 3.63) is 0 Å². The molecule has 2 aliphatic heterocycles. The fraction of sp³-hybridized carbons (Fsp3) is 0.947. The zero-order valence-corrected chi connectivity index (χ0v) is 18.1. The summed E-state index contributed by atoms with van der Waals surface area (Å²) < 4.78 is 21.5. The van der Waals surface area contributed by atoms with E-state index in [9.17, 15) is 40.5 Å². The Kier molecular flexibility index (Phi) is 10.6. The first-order chi connectivity index (χ1) is 15.1. The maximum absolute atomic E-state index is 11.6. The maximum atomic E-state index is 11.6. The van der Waals surface area contributed by atoms with E-state index in [0.29, 0.717) is 6.42 Å². The minimum Gasteiger partial charge on any atom is -0.394 e. The molecule has 0 aromatic rings. The van der Waals surface area contributed by atoms with Crippen LogP contribution in [0.1, 0.15) is 20.3 Å². The number of aliphatic hydroxyl groups is 7. The van der Waals surface area contributed by atoms with Gasteiger partial charge in [-0.25, -0.2) is 0 Å². The Labute approximate surface area is 185 Å². The Hall–Kier alpha value is -0.970. The standard InChI is InChI=1S/C19H35NO12/c1-8(2)5-11(23)20-3-4-29-18-16(28)14(26)17(10(7-22)31-18)32-19-15(27)13(25)12(24)9(6-21)30-19/h8-10,12-19,21-22,24-28H,3-7H2,1-2H3,(H,20,23)/t9?,10?,12-,13?,14?,15-,16-,17+,18?,19?/m0/s1. The first kappa shape index (κ1) is 27.3. The Balaban J connectivity index is 1.93. The molecular weight excluding hydrogens is 434 g/mol. The highest BCUT2D eigenvalue weighted by Crippen LogP contribution is 2.29. The van der Waals surface area contributed by atoms with Crippen LogP contribution in [0.3, 0.4) is 0 Å². The van der Waals surface area contributed by atoms with Crippen molar-refractivity contribution in [2.24, 2.45) is 5.92 Å². The van der Waals surface area contributed by atoms with Gasteiger partial charge in [-0.2, -0.15) is 0 Å². The molecule has 0 aliphatic carbocycles. The van der Waals surface area contributed by atoms with Crippen LogP contribution in [0.15, 0.2) is 0 Å². The first-order valence-electron chi connectivity index (χ1n) is 10.6. The lowest BCUT2D eigenvalue weighted by molar-refractivity contribution is -0.359. The van der Waals surface area contributed by atoms with Crippen LogP contribution in [0.5, 0.6) is 0 Å². The van der Waals surface area contributed by atoms with E-state index in [1.807, 2.05) is 13.8 Å². The fourth-order valence-corrected chi connectivity index (χ4v) is 3.50. The molecule has 6 unspecified atom stereocenters. The van der Waals surface area contributed by atoms with Crippen LogP contribution in [-0.2, 0) is 23.7 Å². The summed E-state index contributed by atoms with van der Waals surface area (Å²) in [4.78, 5) is 11.6. The van der Waals surface area contributed by atoms with Crippen molar-refractivity contribution in [1.29, 1.82) is 0 Å². The molecule has 0 saturated carbocycles. The van der Waals surface area contributed by atoms with E-state index in [2.05, 4.69) is 5.32 Å². The molecule has 0 bridgehead atoms. The van der Waals surface area contributed by atoms with Crippen LogP contribution in [0.4, 0.5) is 0 Å². The number of ether oxygens (including phenoxy) is 4. The zero-order valence-electron chi connectivity index (χ0n) is 18.1. The number of hydrogen-bond donors (Lipinski definition) is 8. The Morgan fingerprint density at radius 3 is 2.06 bits per heavy atom. The number of nitrogens with one attached hydrogen (secondary N) is 1. The second kappa shape index (κ2) is 12.5. The van der Waals surface area contributed by atoms with Gasteiger partial charge in [0.05, 0.1) is 19.8 Å². The Morgan fingerprint density at radius 2 is 1.47 bits per heavy atom. The van der Waals surface area contributed by atoms with Gasteiger partial charge in [-0.3, -0.25) is 4.79 Å². The van der Waals surface area contributed by atoms with E-state index in [-0.39, 0.29) is 25.0 Å². The second-order valence-corrected chi connectivity index (χ2v) is 8.32. The van der Waals surface area contributed by atoms with Crippen molar-refractivity contribution in [3.63, 3.8) is 0 Å². The largest absolute Gasteiger partial charge is 0.394 e. The lowest BCUT2D eigenvalue weighted by Gasteiger charge is -2.45. The number of amides is 1. The maximum Gasteiger partial charge on any atom is 0.220 e. The molecule has 0 spiro atoms. The molecule has 10 atom stereocenters. The van der Waals surface area contributed by atoms with Crippen LogP contribution in [0, 0.1) is 5.92 Å². The summed E-state index contributed by atoms with van der Waals surface area (Å²) in [6.07, 6.45) is -14.7. The Bertz CT molecular complexity index is 577. The van der Waals surface area contributed by atoms with Gasteiger partial charge in [0.15, 0.2) is 12.6 Å². The molecule has 8 N–H and O–H groups in total. The van der Waals surface area contributed by atoms with Crippen molar-refractivity contribution < 1.29 is 59.5 Å². The van der Waals surface area contributed by atoms with Crippen LogP contribution < -0.4 is 5.32 Å². The lowest BCUT2D eigenvalue weighted by Crippen LogP contribution is -2.64. The van der Waals surface area contributed by atoms with Gasteiger partial charge in [0.2, 0.25) is 5.91 Å². The van der Waals surface area contributed by atoms with Gasteiger partial charge in [-0.05, 0) is 5.92 Å². The number of hydrogen-bond acceptors (Lipinski definition) is 12. The monoisotopic (exact) mass is 469 g/mol. The summed E-state index contributed by atoms with van der Waals surface area (Å²) in [5.41, 5.74) is 0. The van der Waals surface area contributed by atoms with Gasteiger partial charge in [0.25, 0.3) is 0 Å². The smallest absolute Gasteiger partial charge is 0.220 e. The number of carbonyl (C=O) groups is 1. The summed E-state index contributed by atoms with van der Waals surface area (Å²) >= 11 is 0. The quantitative estimate of drug-likeness (QED) is 0.143. The third-order valence-electron chi connectivity index (χ3n) is 5.26. The molecule has 2 heterocycles. The Morgan fingerprint density at radius 1 is 0.875 bits per heavy atom. The third kappa shape index (κ3) is 6.77. The SMILES string of the molecule is CC(C)CC(=O)NCCOC1OC(CO)[C@@H](OC2OC(CO)[C@H](O)C(O)[C@@H]2O)C(O)[C@@H]1O. The molecule has 188 valence electrons. The van der Waals surface area contributed by atoms with E-state index in [0.717, 1.165) is 0 Å². The topological polar surface area (TPSA) is 208 Å². The summed E-state index contributed by atoms with van der Waals surface area (Å²) in [7, 11) is 0. The van der Waals surface area contributed by atoms with Crippen molar-refractivity contribution >= 4 is 5.91 Å². The predicted molar refractivity (Wildman–Crippen MR) is 105 cm³/mol. The van der Waals surface area contributed by atoms with Crippen molar-refractivity contribution in [2.75, 3.05) is 26.4 Å². The molecule has 2 fully saturated rings. The highest BCUT2D eigenvalue weighted by molar-refractivity contribution is 5.75. The van der Waals surface area contributed by atoms with Crippen molar-refractivity contribution in [3.8, 4) is 0 Å².